The molecule has 2 N–H and O–H groups in total. The molecule has 1 aromatic carbocycles. The lowest BCUT2D eigenvalue weighted by Crippen LogP contribution is -2.13. The smallest absolute Gasteiger partial charge is 0.217 e. The van der Waals surface area contributed by atoms with E-state index in [2.05, 4.69) is 17.6 Å². The standard InChI is InChI=1S/C18H22N2O2/c1-3-11-9-14(13(12-5-6-12)7-8-16(19)21)18-15(10-11)20-17(4-2)22-18/h3,9-10,12-13H,1,4-8H2,2H3,(H2,19,21). The number of aryl methyl sites for hydroxylation is 1. The van der Waals surface area contributed by atoms with Gasteiger partial charge < -0.3 is 10.2 Å². The molecule has 2 aromatic rings. The predicted octanol–water partition coefficient (Wildman–Crippen LogP) is 3.79. The Morgan fingerprint density at radius 3 is 2.91 bits per heavy atom. The molecule has 3 rings (SSSR count). The first-order valence-electron chi connectivity index (χ1n) is 7.96. The highest BCUT2D eigenvalue weighted by Gasteiger charge is 2.34. The first-order chi connectivity index (χ1) is 10.6. The van der Waals surface area contributed by atoms with Crippen LogP contribution in [0.25, 0.3) is 17.2 Å². The molecule has 4 nitrogen and oxygen atoms in total. The normalized spacial score (nSPS) is 15.9. The minimum atomic E-state index is -0.242. The number of fused-ring (bicyclic) bond motifs is 1. The third-order valence-electron chi connectivity index (χ3n) is 4.42. The molecule has 1 atom stereocenters. The molecule has 1 fully saturated rings. The first-order valence-corrected chi connectivity index (χ1v) is 7.96. The topological polar surface area (TPSA) is 69.1 Å². The summed E-state index contributed by atoms with van der Waals surface area (Å²) >= 11 is 0. The van der Waals surface area contributed by atoms with E-state index in [9.17, 15) is 4.79 Å². The van der Waals surface area contributed by atoms with Crippen LogP contribution in [0.3, 0.4) is 0 Å². The lowest BCUT2D eigenvalue weighted by atomic mass is 9.88. The van der Waals surface area contributed by atoms with Crippen molar-refractivity contribution in [3.8, 4) is 0 Å². The number of amides is 1. The van der Waals surface area contributed by atoms with Crippen LogP contribution in [-0.4, -0.2) is 10.9 Å². The fourth-order valence-electron chi connectivity index (χ4n) is 3.11. The molecule has 1 heterocycles. The minimum Gasteiger partial charge on any atom is -0.440 e. The molecule has 0 aliphatic heterocycles. The van der Waals surface area contributed by atoms with Crippen molar-refractivity contribution in [1.29, 1.82) is 0 Å². The van der Waals surface area contributed by atoms with E-state index in [1.54, 1.807) is 0 Å². The number of nitrogens with zero attached hydrogens (tertiary/aromatic N) is 1. The van der Waals surface area contributed by atoms with Gasteiger partial charge in [-0.15, -0.1) is 0 Å². The summed E-state index contributed by atoms with van der Waals surface area (Å²) in [6, 6.07) is 4.14. The maximum Gasteiger partial charge on any atom is 0.217 e. The summed E-state index contributed by atoms with van der Waals surface area (Å²) in [6.07, 6.45) is 6.21. The summed E-state index contributed by atoms with van der Waals surface area (Å²) in [5.74, 6) is 1.45. The number of primary amides is 1. The van der Waals surface area contributed by atoms with Gasteiger partial charge >= 0.3 is 0 Å². The Morgan fingerprint density at radius 1 is 1.55 bits per heavy atom. The van der Waals surface area contributed by atoms with Crippen LogP contribution in [0.4, 0.5) is 0 Å². The first kappa shape index (κ1) is 14.8. The highest BCUT2D eigenvalue weighted by Crippen LogP contribution is 2.47. The second kappa shape index (κ2) is 5.95. The summed E-state index contributed by atoms with van der Waals surface area (Å²) in [7, 11) is 0. The molecule has 0 radical (unpaired) electrons. The van der Waals surface area contributed by atoms with Crippen LogP contribution in [0.2, 0.25) is 0 Å². The average molecular weight is 298 g/mol. The summed E-state index contributed by atoms with van der Waals surface area (Å²) in [5, 5.41) is 0. The molecule has 0 saturated heterocycles. The molecular weight excluding hydrogens is 276 g/mol. The van der Waals surface area contributed by atoms with Crippen LogP contribution in [0.5, 0.6) is 0 Å². The Morgan fingerprint density at radius 2 is 2.32 bits per heavy atom. The Bertz CT molecular complexity index is 713. The van der Waals surface area contributed by atoms with Crippen LogP contribution >= 0.6 is 0 Å². The van der Waals surface area contributed by atoms with Gasteiger partial charge in [-0.1, -0.05) is 19.6 Å². The van der Waals surface area contributed by atoms with Gasteiger partial charge in [-0.2, -0.15) is 0 Å². The number of rotatable bonds is 7. The summed E-state index contributed by atoms with van der Waals surface area (Å²) in [4.78, 5) is 15.7. The zero-order valence-corrected chi connectivity index (χ0v) is 13.0. The van der Waals surface area contributed by atoms with Gasteiger partial charge in [0, 0.05) is 18.4 Å². The Hall–Kier alpha value is -2.10. The van der Waals surface area contributed by atoms with Gasteiger partial charge in [-0.3, -0.25) is 4.79 Å². The van der Waals surface area contributed by atoms with Gasteiger partial charge in [-0.05, 0) is 48.8 Å². The van der Waals surface area contributed by atoms with Crippen molar-refractivity contribution in [2.24, 2.45) is 11.7 Å². The number of carbonyl (C=O) groups is 1. The third kappa shape index (κ3) is 2.91. The molecule has 116 valence electrons. The third-order valence-corrected chi connectivity index (χ3v) is 4.42. The SMILES string of the molecule is C=Cc1cc(C(CCC(N)=O)C2CC2)c2oc(CC)nc2c1. The molecular formula is C18H22N2O2. The number of hydrogen-bond donors (Lipinski definition) is 1. The minimum absolute atomic E-state index is 0.242. The predicted molar refractivity (Wildman–Crippen MR) is 87.4 cm³/mol. The maximum absolute atomic E-state index is 11.2. The van der Waals surface area contributed by atoms with E-state index in [-0.39, 0.29) is 5.91 Å². The zero-order chi connectivity index (χ0) is 15.7. The molecule has 1 aliphatic carbocycles. The second-order valence-electron chi connectivity index (χ2n) is 6.07. The molecule has 0 spiro atoms. The molecule has 1 saturated carbocycles. The Labute approximate surface area is 130 Å². The Balaban J connectivity index is 2.06. The van der Waals surface area contributed by atoms with E-state index in [1.165, 1.54) is 12.8 Å². The lowest BCUT2D eigenvalue weighted by molar-refractivity contribution is -0.118. The highest BCUT2D eigenvalue weighted by atomic mass is 16.3. The van der Waals surface area contributed by atoms with Gasteiger partial charge in [0.25, 0.3) is 0 Å². The van der Waals surface area contributed by atoms with Crippen molar-refractivity contribution < 1.29 is 9.21 Å². The van der Waals surface area contributed by atoms with Gasteiger partial charge in [0.15, 0.2) is 11.5 Å². The van der Waals surface area contributed by atoms with Crippen LogP contribution in [0, 0.1) is 5.92 Å². The van der Waals surface area contributed by atoms with Gasteiger partial charge in [0.05, 0.1) is 0 Å². The lowest BCUT2D eigenvalue weighted by Gasteiger charge is -2.16. The van der Waals surface area contributed by atoms with Gasteiger partial charge in [0.2, 0.25) is 5.91 Å². The zero-order valence-electron chi connectivity index (χ0n) is 13.0. The molecule has 1 aromatic heterocycles. The summed E-state index contributed by atoms with van der Waals surface area (Å²) < 4.78 is 5.95. The van der Waals surface area contributed by atoms with Crippen molar-refractivity contribution >= 4 is 23.1 Å². The molecule has 22 heavy (non-hydrogen) atoms. The average Bonchev–Trinajstić information content (AvgIpc) is 3.25. The van der Waals surface area contributed by atoms with E-state index >= 15 is 0 Å². The molecule has 4 heteroatoms. The van der Waals surface area contributed by atoms with Crippen molar-refractivity contribution in [3.63, 3.8) is 0 Å². The summed E-state index contributed by atoms with van der Waals surface area (Å²) in [6.45, 7) is 5.90. The molecule has 0 bridgehead atoms. The highest BCUT2D eigenvalue weighted by molar-refractivity contribution is 5.81. The Kier molecular flexibility index (Phi) is 4.01. The number of aromatic nitrogens is 1. The summed E-state index contributed by atoms with van der Waals surface area (Å²) in [5.41, 5.74) is 9.29. The van der Waals surface area contributed by atoms with Crippen LogP contribution in [0.15, 0.2) is 23.1 Å². The van der Waals surface area contributed by atoms with E-state index in [0.717, 1.165) is 41.0 Å². The van der Waals surface area contributed by atoms with E-state index in [4.69, 9.17) is 10.2 Å². The number of nitrogens with two attached hydrogens (primary N) is 1. The van der Waals surface area contributed by atoms with E-state index in [1.807, 2.05) is 19.1 Å². The van der Waals surface area contributed by atoms with E-state index < -0.39 is 0 Å². The fourth-order valence-corrected chi connectivity index (χ4v) is 3.11. The van der Waals surface area contributed by atoms with Crippen molar-refractivity contribution in [1.82, 2.24) is 4.98 Å². The largest absolute Gasteiger partial charge is 0.440 e. The van der Waals surface area contributed by atoms with E-state index in [0.29, 0.717) is 18.3 Å². The van der Waals surface area contributed by atoms with Gasteiger partial charge in [0.1, 0.15) is 5.52 Å². The number of hydrogen-bond acceptors (Lipinski definition) is 3. The number of benzene rings is 1. The second-order valence-corrected chi connectivity index (χ2v) is 6.07. The molecule has 1 unspecified atom stereocenters. The van der Waals surface area contributed by atoms with Crippen LogP contribution in [-0.2, 0) is 11.2 Å². The molecule has 1 amide bonds. The molecule has 1 aliphatic rings. The van der Waals surface area contributed by atoms with Crippen molar-refractivity contribution in [2.45, 2.75) is 44.9 Å². The van der Waals surface area contributed by atoms with Crippen molar-refractivity contribution in [3.05, 3.63) is 35.7 Å². The monoisotopic (exact) mass is 298 g/mol. The fraction of sp³-hybridized carbons (Fsp3) is 0.444. The van der Waals surface area contributed by atoms with Crippen LogP contribution in [0.1, 0.15) is 55.5 Å². The number of carbonyl (C=O) groups excluding carboxylic acids is 1. The number of oxazole rings is 1. The van der Waals surface area contributed by atoms with Gasteiger partial charge in [-0.25, -0.2) is 4.98 Å². The van der Waals surface area contributed by atoms with Crippen LogP contribution < -0.4 is 5.73 Å². The van der Waals surface area contributed by atoms with Crippen molar-refractivity contribution in [2.75, 3.05) is 0 Å². The quantitative estimate of drug-likeness (QED) is 0.845. The maximum atomic E-state index is 11.2.